The normalized spacial score (nSPS) is 15.3. The summed E-state index contributed by atoms with van der Waals surface area (Å²) < 4.78 is 29.7. The van der Waals surface area contributed by atoms with Crippen molar-refractivity contribution in [3.8, 4) is 11.3 Å². The molecule has 3 heterocycles. The summed E-state index contributed by atoms with van der Waals surface area (Å²) in [5.41, 5.74) is 2.38. The second-order valence-corrected chi connectivity index (χ2v) is 10.4. The number of amides is 2. The number of aromatic nitrogens is 2. The van der Waals surface area contributed by atoms with Gasteiger partial charge < -0.3 is 15.1 Å². The van der Waals surface area contributed by atoms with Crippen LogP contribution in [0.3, 0.4) is 0 Å². The second kappa shape index (κ2) is 10.9. The summed E-state index contributed by atoms with van der Waals surface area (Å²) in [4.78, 5) is 40.4. The molecule has 0 saturated carbocycles. The summed E-state index contributed by atoms with van der Waals surface area (Å²) in [5.74, 6) is -2.07. The molecule has 6 rings (SSSR count). The molecule has 0 bridgehead atoms. The SMILES string of the molecule is CN1CCN(C(=O)c2ccc(Nc3ncc4c(n3)-c3ccc(Cl)cc3N(c3c(F)cccc3F)C(=O)C4)cc2)CC1. The number of anilines is 4. The molecule has 11 heteroatoms. The van der Waals surface area contributed by atoms with E-state index in [1.807, 2.05) is 11.9 Å². The number of carbonyl (C=O) groups is 2. The first kappa shape index (κ1) is 26.8. The van der Waals surface area contributed by atoms with Gasteiger partial charge in [-0.25, -0.2) is 18.7 Å². The number of piperazine rings is 1. The number of halogens is 3. The van der Waals surface area contributed by atoms with E-state index in [9.17, 15) is 18.4 Å². The number of rotatable bonds is 4. The van der Waals surface area contributed by atoms with Gasteiger partial charge >= 0.3 is 0 Å². The van der Waals surface area contributed by atoms with Gasteiger partial charge in [-0.1, -0.05) is 17.7 Å². The number of nitrogens with zero attached hydrogens (tertiary/aromatic N) is 5. The summed E-state index contributed by atoms with van der Waals surface area (Å²) in [6.07, 6.45) is 1.34. The largest absolute Gasteiger partial charge is 0.336 e. The van der Waals surface area contributed by atoms with Gasteiger partial charge in [0.05, 0.1) is 17.8 Å². The van der Waals surface area contributed by atoms with Gasteiger partial charge in [0.2, 0.25) is 11.9 Å². The summed E-state index contributed by atoms with van der Waals surface area (Å²) >= 11 is 6.27. The van der Waals surface area contributed by atoms with E-state index < -0.39 is 23.2 Å². The zero-order valence-electron chi connectivity index (χ0n) is 22.1. The predicted octanol–water partition coefficient (Wildman–Crippen LogP) is 5.43. The third-order valence-electron chi connectivity index (χ3n) is 7.25. The van der Waals surface area contributed by atoms with Crippen LogP contribution in [0.15, 0.2) is 66.9 Å². The number of nitrogens with one attached hydrogen (secondary N) is 1. The number of hydrogen-bond donors (Lipinski definition) is 1. The van der Waals surface area contributed by atoms with Crippen molar-refractivity contribution in [2.75, 3.05) is 43.4 Å². The molecule has 208 valence electrons. The molecule has 1 aromatic heterocycles. The third kappa shape index (κ3) is 5.23. The van der Waals surface area contributed by atoms with Crippen molar-refractivity contribution in [2.24, 2.45) is 0 Å². The lowest BCUT2D eigenvalue weighted by atomic mass is 10.0. The molecule has 4 aromatic rings. The third-order valence-corrected chi connectivity index (χ3v) is 7.49. The lowest BCUT2D eigenvalue weighted by Gasteiger charge is -2.32. The standard InChI is InChI=1S/C30H25ClF2N6O2/c1-37-11-13-38(14-12-37)29(41)18-5-8-21(9-6-18)35-30-34-17-19-15-26(40)39(28-23(32)3-2-4-24(28)33)25-16-20(31)7-10-22(25)27(19)36-30/h2-10,16-17H,11-15H2,1H3,(H,34,35,36). The van der Waals surface area contributed by atoms with Gasteiger partial charge in [-0.05, 0) is 61.6 Å². The minimum absolute atomic E-state index is 0.0123. The lowest BCUT2D eigenvalue weighted by molar-refractivity contribution is -0.117. The quantitative estimate of drug-likeness (QED) is 0.350. The smallest absolute Gasteiger partial charge is 0.253 e. The number of benzene rings is 3. The topological polar surface area (TPSA) is 81.7 Å². The maximum Gasteiger partial charge on any atom is 0.253 e. The molecule has 1 saturated heterocycles. The minimum Gasteiger partial charge on any atom is -0.336 e. The molecule has 2 aliphatic rings. The molecule has 8 nitrogen and oxygen atoms in total. The van der Waals surface area contributed by atoms with Crippen molar-refractivity contribution < 1.29 is 18.4 Å². The monoisotopic (exact) mass is 574 g/mol. The van der Waals surface area contributed by atoms with Gasteiger partial charge in [0, 0.05) is 59.8 Å². The van der Waals surface area contributed by atoms with Crippen LogP contribution in [0, 0.1) is 11.6 Å². The van der Waals surface area contributed by atoms with E-state index >= 15 is 0 Å². The van der Waals surface area contributed by atoms with E-state index in [0.29, 0.717) is 46.2 Å². The Morgan fingerprint density at radius 2 is 1.68 bits per heavy atom. The highest BCUT2D eigenvalue weighted by atomic mass is 35.5. The van der Waals surface area contributed by atoms with Gasteiger partial charge in [0.15, 0.2) is 0 Å². The Bertz CT molecular complexity index is 1640. The average Bonchev–Trinajstić information content (AvgIpc) is 3.07. The van der Waals surface area contributed by atoms with E-state index in [1.54, 1.807) is 36.4 Å². The van der Waals surface area contributed by atoms with Crippen LogP contribution in [-0.4, -0.2) is 64.8 Å². The van der Waals surface area contributed by atoms with E-state index in [1.165, 1.54) is 18.3 Å². The first-order valence-electron chi connectivity index (χ1n) is 13.1. The van der Waals surface area contributed by atoms with Crippen molar-refractivity contribution in [1.29, 1.82) is 0 Å². The van der Waals surface area contributed by atoms with E-state index in [4.69, 9.17) is 11.6 Å². The van der Waals surface area contributed by atoms with Crippen LogP contribution in [0.2, 0.25) is 5.02 Å². The maximum absolute atomic E-state index is 14.8. The van der Waals surface area contributed by atoms with Crippen LogP contribution in [0.1, 0.15) is 15.9 Å². The first-order valence-corrected chi connectivity index (χ1v) is 13.4. The molecule has 41 heavy (non-hydrogen) atoms. The van der Waals surface area contributed by atoms with Crippen LogP contribution in [0.4, 0.5) is 31.8 Å². The predicted molar refractivity (Wildman–Crippen MR) is 153 cm³/mol. The highest BCUT2D eigenvalue weighted by Crippen LogP contribution is 2.42. The Kier molecular flexibility index (Phi) is 7.10. The summed E-state index contributed by atoms with van der Waals surface area (Å²) in [6.45, 7) is 3.06. The van der Waals surface area contributed by atoms with Crippen molar-refractivity contribution in [3.05, 3.63) is 94.6 Å². The molecule has 0 spiro atoms. The van der Waals surface area contributed by atoms with Gasteiger partial charge in [-0.15, -0.1) is 0 Å². The Balaban J connectivity index is 1.31. The average molecular weight is 575 g/mol. The van der Waals surface area contributed by atoms with Crippen LogP contribution in [0.25, 0.3) is 11.3 Å². The number of hydrogen-bond acceptors (Lipinski definition) is 6. The lowest BCUT2D eigenvalue weighted by Crippen LogP contribution is -2.47. The van der Waals surface area contributed by atoms with Gasteiger partial charge in [0.1, 0.15) is 17.3 Å². The molecule has 1 N–H and O–H groups in total. The summed E-state index contributed by atoms with van der Waals surface area (Å²) in [6, 6.07) is 15.3. The summed E-state index contributed by atoms with van der Waals surface area (Å²) in [7, 11) is 2.04. The molecule has 2 aliphatic heterocycles. The van der Waals surface area contributed by atoms with Gasteiger partial charge in [-0.3, -0.25) is 14.5 Å². The molecule has 1 fully saturated rings. The molecular formula is C30H25ClF2N6O2. The fraction of sp³-hybridized carbons (Fsp3) is 0.200. The zero-order chi connectivity index (χ0) is 28.7. The van der Waals surface area contributed by atoms with Crippen LogP contribution < -0.4 is 10.2 Å². The number of carbonyl (C=O) groups excluding carboxylic acids is 2. The fourth-order valence-corrected chi connectivity index (χ4v) is 5.23. The van der Waals surface area contributed by atoms with Crippen molar-refractivity contribution in [3.63, 3.8) is 0 Å². The molecule has 0 radical (unpaired) electrons. The van der Waals surface area contributed by atoms with Crippen LogP contribution in [-0.2, 0) is 11.2 Å². The first-order chi connectivity index (χ1) is 19.8. The molecular weight excluding hydrogens is 550 g/mol. The minimum atomic E-state index is -0.877. The highest BCUT2D eigenvalue weighted by molar-refractivity contribution is 6.31. The Hall–Kier alpha value is -4.41. The van der Waals surface area contributed by atoms with E-state index in [-0.39, 0.29) is 24.0 Å². The second-order valence-electron chi connectivity index (χ2n) is 10.0. The van der Waals surface area contributed by atoms with Gasteiger partial charge in [-0.2, -0.15) is 0 Å². The summed E-state index contributed by atoms with van der Waals surface area (Å²) in [5, 5.41) is 3.43. The Morgan fingerprint density at radius 3 is 2.39 bits per heavy atom. The highest BCUT2D eigenvalue weighted by Gasteiger charge is 2.32. The van der Waals surface area contributed by atoms with E-state index in [2.05, 4.69) is 20.2 Å². The van der Waals surface area contributed by atoms with E-state index in [0.717, 1.165) is 30.1 Å². The van der Waals surface area contributed by atoms with Gasteiger partial charge in [0.25, 0.3) is 5.91 Å². The van der Waals surface area contributed by atoms with Crippen LogP contribution in [0.5, 0.6) is 0 Å². The Labute approximate surface area is 240 Å². The fourth-order valence-electron chi connectivity index (χ4n) is 5.06. The molecule has 2 amide bonds. The Morgan fingerprint density at radius 1 is 0.976 bits per heavy atom. The molecule has 0 atom stereocenters. The number of likely N-dealkylation sites (N-methyl/N-ethyl adjacent to an activating group) is 1. The maximum atomic E-state index is 14.8. The van der Waals surface area contributed by atoms with Crippen molar-refractivity contribution in [1.82, 2.24) is 19.8 Å². The molecule has 3 aromatic carbocycles. The van der Waals surface area contributed by atoms with Crippen LogP contribution >= 0.6 is 11.6 Å². The number of para-hydroxylation sites is 1. The zero-order valence-corrected chi connectivity index (χ0v) is 22.8. The molecule has 0 unspecified atom stereocenters. The molecule has 0 aliphatic carbocycles. The van der Waals surface area contributed by atoms with Crippen molar-refractivity contribution in [2.45, 2.75) is 6.42 Å². The number of fused-ring (bicyclic) bond motifs is 3. The van der Waals surface area contributed by atoms with Crippen molar-refractivity contribution >= 4 is 46.4 Å².